The van der Waals surface area contributed by atoms with Gasteiger partial charge in [0.05, 0.1) is 23.4 Å². The highest BCUT2D eigenvalue weighted by Crippen LogP contribution is 2.14. The van der Waals surface area contributed by atoms with Gasteiger partial charge in [0.2, 0.25) is 0 Å². The van der Waals surface area contributed by atoms with Crippen LogP contribution in [0.2, 0.25) is 0 Å². The van der Waals surface area contributed by atoms with Gasteiger partial charge in [-0.1, -0.05) is 13.8 Å². The van der Waals surface area contributed by atoms with Crippen LogP contribution in [-0.2, 0) is 0 Å². The van der Waals surface area contributed by atoms with Crippen LogP contribution < -0.4 is 5.56 Å². The molecule has 2 rings (SSSR count). The maximum absolute atomic E-state index is 11.4. The topological polar surface area (TPSA) is 58.6 Å². The molecule has 4 nitrogen and oxygen atoms in total. The number of aromatic nitrogens is 3. The molecule has 4 heteroatoms. The molecule has 72 valence electrons. The predicted octanol–water partition coefficient (Wildman–Crippen LogP) is 1.44. The normalized spacial score (nSPS) is 11.1. The van der Waals surface area contributed by atoms with E-state index in [1.807, 2.05) is 13.8 Å². The highest BCUT2D eigenvalue weighted by Gasteiger charge is 2.04. The van der Waals surface area contributed by atoms with E-state index in [1.165, 1.54) is 6.33 Å². The van der Waals surface area contributed by atoms with Crippen molar-refractivity contribution in [1.82, 2.24) is 15.0 Å². The minimum atomic E-state index is -0.112. The van der Waals surface area contributed by atoms with Gasteiger partial charge in [0.25, 0.3) is 5.56 Å². The molecular weight excluding hydrogens is 178 g/mol. The molecule has 0 atom stereocenters. The molecule has 0 aromatic carbocycles. The molecule has 0 saturated heterocycles. The Balaban J connectivity index is 2.76. The van der Waals surface area contributed by atoms with Gasteiger partial charge in [-0.3, -0.25) is 9.78 Å². The minimum Gasteiger partial charge on any atom is -0.313 e. The molecule has 2 aromatic heterocycles. The molecule has 0 unspecified atom stereocenters. The number of aromatic amines is 1. The van der Waals surface area contributed by atoms with Crippen LogP contribution in [0.4, 0.5) is 0 Å². The van der Waals surface area contributed by atoms with Gasteiger partial charge in [-0.25, -0.2) is 4.98 Å². The average Bonchev–Trinajstić information content (AvgIpc) is 2.18. The van der Waals surface area contributed by atoms with E-state index < -0.39 is 0 Å². The largest absolute Gasteiger partial charge is 0.313 e. The van der Waals surface area contributed by atoms with Crippen molar-refractivity contribution in [2.24, 2.45) is 0 Å². The van der Waals surface area contributed by atoms with Crippen LogP contribution in [0.1, 0.15) is 25.5 Å². The van der Waals surface area contributed by atoms with E-state index in [0.29, 0.717) is 16.8 Å². The highest BCUT2D eigenvalue weighted by molar-refractivity contribution is 5.76. The molecule has 0 amide bonds. The SMILES string of the molecule is CC(C)c1cc2c(=O)[nH]cnc2cn1. The molecule has 0 aliphatic rings. The number of hydrogen-bond acceptors (Lipinski definition) is 3. The second kappa shape index (κ2) is 3.21. The molecular formula is C10H11N3O. The monoisotopic (exact) mass is 189 g/mol. The van der Waals surface area contributed by atoms with Crippen molar-refractivity contribution in [3.8, 4) is 0 Å². The Hall–Kier alpha value is -1.71. The first-order chi connectivity index (χ1) is 6.68. The van der Waals surface area contributed by atoms with Gasteiger partial charge in [0.1, 0.15) is 0 Å². The molecule has 0 aliphatic carbocycles. The zero-order chi connectivity index (χ0) is 10.1. The summed E-state index contributed by atoms with van der Waals surface area (Å²) in [6, 6.07) is 1.80. The zero-order valence-electron chi connectivity index (χ0n) is 8.11. The molecule has 1 N–H and O–H groups in total. The lowest BCUT2D eigenvalue weighted by Crippen LogP contribution is -2.07. The molecule has 0 bridgehead atoms. The molecule has 2 heterocycles. The van der Waals surface area contributed by atoms with Crippen LogP contribution in [0.5, 0.6) is 0 Å². The third kappa shape index (κ3) is 1.39. The number of hydrogen-bond donors (Lipinski definition) is 1. The van der Waals surface area contributed by atoms with Gasteiger partial charge >= 0.3 is 0 Å². The third-order valence-electron chi connectivity index (χ3n) is 2.14. The first-order valence-electron chi connectivity index (χ1n) is 4.52. The lowest BCUT2D eigenvalue weighted by atomic mass is 10.1. The van der Waals surface area contributed by atoms with Crippen molar-refractivity contribution >= 4 is 10.9 Å². The Morgan fingerprint density at radius 1 is 1.36 bits per heavy atom. The number of nitrogens with one attached hydrogen (secondary N) is 1. The first-order valence-corrected chi connectivity index (χ1v) is 4.52. The number of rotatable bonds is 1. The van der Waals surface area contributed by atoms with Crippen LogP contribution in [0.15, 0.2) is 23.4 Å². The van der Waals surface area contributed by atoms with Crippen LogP contribution in [0.25, 0.3) is 10.9 Å². The molecule has 0 aliphatic heterocycles. The number of pyridine rings is 1. The van der Waals surface area contributed by atoms with E-state index in [-0.39, 0.29) is 5.56 Å². The average molecular weight is 189 g/mol. The lowest BCUT2D eigenvalue weighted by Gasteiger charge is -2.03. The number of fused-ring (bicyclic) bond motifs is 1. The van der Waals surface area contributed by atoms with Crippen molar-refractivity contribution < 1.29 is 0 Å². The van der Waals surface area contributed by atoms with Crippen molar-refractivity contribution in [3.05, 3.63) is 34.6 Å². The Morgan fingerprint density at radius 2 is 2.14 bits per heavy atom. The summed E-state index contributed by atoms with van der Waals surface area (Å²) in [7, 11) is 0. The lowest BCUT2D eigenvalue weighted by molar-refractivity contribution is 0.825. The third-order valence-corrected chi connectivity index (χ3v) is 2.14. The summed E-state index contributed by atoms with van der Waals surface area (Å²) in [5.74, 6) is 0.319. The summed E-state index contributed by atoms with van der Waals surface area (Å²) in [6.07, 6.45) is 3.03. The van der Waals surface area contributed by atoms with Crippen molar-refractivity contribution in [1.29, 1.82) is 0 Å². The van der Waals surface area contributed by atoms with Crippen molar-refractivity contribution in [3.63, 3.8) is 0 Å². The summed E-state index contributed by atoms with van der Waals surface area (Å²) >= 11 is 0. The summed E-state index contributed by atoms with van der Waals surface area (Å²) in [5.41, 5.74) is 1.44. The van der Waals surface area contributed by atoms with Gasteiger partial charge in [-0.15, -0.1) is 0 Å². The standard InChI is InChI=1S/C10H11N3O/c1-6(2)8-3-7-9(4-11-8)12-5-13-10(7)14/h3-6H,1-2H3,(H,12,13,14). The molecule has 0 fully saturated rings. The summed E-state index contributed by atoms with van der Waals surface area (Å²) in [4.78, 5) is 22.2. The number of nitrogens with zero attached hydrogens (tertiary/aromatic N) is 2. The van der Waals surface area contributed by atoms with E-state index in [4.69, 9.17) is 0 Å². The minimum absolute atomic E-state index is 0.112. The first kappa shape index (κ1) is 8.87. The predicted molar refractivity (Wildman–Crippen MR) is 54.2 cm³/mol. The van der Waals surface area contributed by atoms with Crippen LogP contribution in [0.3, 0.4) is 0 Å². The van der Waals surface area contributed by atoms with Crippen LogP contribution >= 0.6 is 0 Å². The summed E-state index contributed by atoms with van der Waals surface area (Å²) < 4.78 is 0. The van der Waals surface area contributed by atoms with Gasteiger partial charge in [0.15, 0.2) is 0 Å². The second-order valence-electron chi connectivity index (χ2n) is 3.51. The maximum Gasteiger partial charge on any atom is 0.258 e. The zero-order valence-corrected chi connectivity index (χ0v) is 8.11. The Kier molecular flexibility index (Phi) is 2.04. The van der Waals surface area contributed by atoms with Gasteiger partial charge in [-0.05, 0) is 12.0 Å². The van der Waals surface area contributed by atoms with Gasteiger partial charge < -0.3 is 4.98 Å². The molecule has 0 saturated carbocycles. The van der Waals surface area contributed by atoms with Crippen molar-refractivity contribution in [2.75, 3.05) is 0 Å². The fourth-order valence-corrected chi connectivity index (χ4v) is 1.30. The highest BCUT2D eigenvalue weighted by atomic mass is 16.1. The molecule has 14 heavy (non-hydrogen) atoms. The van der Waals surface area contributed by atoms with E-state index in [2.05, 4.69) is 15.0 Å². The van der Waals surface area contributed by atoms with Crippen molar-refractivity contribution in [2.45, 2.75) is 19.8 Å². The molecule has 2 aromatic rings. The number of H-pyrrole nitrogens is 1. The van der Waals surface area contributed by atoms with Gasteiger partial charge in [-0.2, -0.15) is 0 Å². The van der Waals surface area contributed by atoms with E-state index in [0.717, 1.165) is 5.69 Å². The van der Waals surface area contributed by atoms with Gasteiger partial charge in [0, 0.05) is 5.69 Å². The molecule has 0 spiro atoms. The van der Waals surface area contributed by atoms with E-state index in [9.17, 15) is 4.79 Å². The molecule has 0 radical (unpaired) electrons. The Bertz CT molecular complexity index is 516. The Morgan fingerprint density at radius 3 is 2.86 bits per heavy atom. The van der Waals surface area contributed by atoms with Crippen LogP contribution in [0, 0.1) is 0 Å². The maximum atomic E-state index is 11.4. The smallest absolute Gasteiger partial charge is 0.258 e. The van der Waals surface area contributed by atoms with E-state index in [1.54, 1.807) is 12.3 Å². The summed E-state index contributed by atoms with van der Waals surface area (Å²) in [6.45, 7) is 4.08. The Labute approximate surface area is 81.0 Å². The summed E-state index contributed by atoms with van der Waals surface area (Å²) in [5, 5.41) is 0.603. The van der Waals surface area contributed by atoms with E-state index >= 15 is 0 Å². The van der Waals surface area contributed by atoms with Crippen LogP contribution in [-0.4, -0.2) is 15.0 Å². The quantitative estimate of drug-likeness (QED) is 0.738. The fraction of sp³-hybridized carbons (Fsp3) is 0.300. The second-order valence-corrected chi connectivity index (χ2v) is 3.51. The fourth-order valence-electron chi connectivity index (χ4n) is 1.30.